The van der Waals surface area contributed by atoms with Gasteiger partial charge in [0, 0.05) is 11.0 Å². The van der Waals surface area contributed by atoms with Gasteiger partial charge in [0.25, 0.3) is 0 Å². The smallest absolute Gasteiger partial charge is 0.0988 e. The minimum Gasteiger partial charge on any atom is -0.374 e. The summed E-state index contributed by atoms with van der Waals surface area (Å²) >= 11 is 0. The van der Waals surface area contributed by atoms with Crippen LogP contribution >= 0.6 is 0 Å². The molecule has 0 bridgehead atoms. The van der Waals surface area contributed by atoms with Crippen molar-refractivity contribution in [2.75, 3.05) is 0 Å². The van der Waals surface area contributed by atoms with Gasteiger partial charge in [0.1, 0.15) is 0 Å². The fourth-order valence-electron chi connectivity index (χ4n) is 1.84. The van der Waals surface area contributed by atoms with Gasteiger partial charge in [-0.3, -0.25) is 0 Å². The third-order valence-corrected chi connectivity index (χ3v) is 3.45. The molecule has 1 heterocycles. The number of ether oxygens (including phenoxy) is 1. The van der Waals surface area contributed by atoms with E-state index < -0.39 is 0 Å². The Hall–Kier alpha value is -1.07. The highest BCUT2D eigenvalue weighted by molar-refractivity contribution is 5.32. The third kappa shape index (κ3) is 2.74. The molecule has 0 amide bonds. The SMILES string of the molecule is CC/C=C(C#N)\C=C/CC1OC(C)C1(C)C. The molecular weight excluding hydrogens is 198 g/mol. The predicted molar refractivity (Wildman–Crippen MR) is 65.9 cm³/mol. The maximum atomic E-state index is 8.84. The molecule has 88 valence electrons. The summed E-state index contributed by atoms with van der Waals surface area (Å²) in [5.41, 5.74) is 0.999. The van der Waals surface area contributed by atoms with Crippen LogP contribution in [0.2, 0.25) is 0 Å². The molecule has 2 nitrogen and oxygen atoms in total. The molecule has 0 spiro atoms. The molecule has 0 aromatic rings. The van der Waals surface area contributed by atoms with Gasteiger partial charge < -0.3 is 4.74 Å². The molecule has 1 rings (SSSR count). The minimum atomic E-state index is 0.256. The lowest BCUT2D eigenvalue weighted by Crippen LogP contribution is -2.54. The molecule has 2 atom stereocenters. The first kappa shape index (κ1) is 13.0. The van der Waals surface area contributed by atoms with Crippen molar-refractivity contribution < 1.29 is 4.74 Å². The molecule has 1 saturated heterocycles. The number of nitriles is 1. The molecule has 0 saturated carbocycles. The summed E-state index contributed by atoms with van der Waals surface area (Å²) in [4.78, 5) is 0. The van der Waals surface area contributed by atoms with Gasteiger partial charge in [-0.05, 0) is 25.8 Å². The third-order valence-electron chi connectivity index (χ3n) is 3.45. The highest BCUT2D eigenvalue weighted by Crippen LogP contribution is 2.42. The van der Waals surface area contributed by atoms with Gasteiger partial charge in [0.05, 0.1) is 18.3 Å². The van der Waals surface area contributed by atoms with Gasteiger partial charge >= 0.3 is 0 Å². The van der Waals surface area contributed by atoms with E-state index in [0.717, 1.165) is 18.4 Å². The van der Waals surface area contributed by atoms with Crippen LogP contribution in [0.25, 0.3) is 0 Å². The van der Waals surface area contributed by atoms with Crippen molar-refractivity contribution in [1.82, 2.24) is 0 Å². The first-order chi connectivity index (χ1) is 7.52. The quantitative estimate of drug-likeness (QED) is 0.534. The molecule has 0 radical (unpaired) electrons. The van der Waals surface area contributed by atoms with Crippen molar-refractivity contribution in [3.8, 4) is 6.07 Å². The van der Waals surface area contributed by atoms with E-state index in [-0.39, 0.29) is 5.41 Å². The van der Waals surface area contributed by atoms with Gasteiger partial charge in [-0.15, -0.1) is 0 Å². The first-order valence-corrected chi connectivity index (χ1v) is 5.94. The van der Waals surface area contributed by atoms with E-state index in [1.165, 1.54) is 0 Å². The van der Waals surface area contributed by atoms with Crippen molar-refractivity contribution in [2.24, 2.45) is 5.41 Å². The van der Waals surface area contributed by atoms with Crippen LogP contribution in [-0.4, -0.2) is 12.2 Å². The Bertz CT molecular complexity index is 333. The summed E-state index contributed by atoms with van der Waals surface area (Å²) in [6.45, 7) is 8.60. The second kappa shape index (κ2) is 5.32. The molecule has 2 unspecified atom stereocenters. The van der Waals surface area contributed by atoms with Crippen molar-refractivity contribution in [2.45, 2.75) is 52.7 Å². The lowest BCUT2D eigenvalue weighted by atomic mass is 9.74. The Kier molecular flexibility index (Phi) is 4.32. The average Bonchev–Trinajstić information content (AvgIpc) is 2.26. The number of hydrogen-bond donors (Lipinski definition) is 0. The summed E-state index contributed by atoms with van der Waals surface area (Å²) in [5, 5.41) is 8.84. The zero-order chi connectivity index (χ0) is 12.2. The van der Waals surface area contributed by atoms with E-state index in [2.05, 4.69) is 26.8 Å². The minimum absolute atomic E-state index is 0.256. The standard InChI is InChI=1S/C14H21NO/c1-5-7-12(10-15)8-6-9-13-14(3,4)11(2)16-13/h6-8,11,13H,5,9H2,1-4H3/b8-6-,12-7+. The molecule has 1 aliphatic heterocycles. The van der Waals surface area contributed by atoms with E-state index >= 15 is 0 Å². The van der Waals surface area contributed by atoms with Gasteiger partial charge in [0.15, 0.2) is 0 Å². The molecule has 0 N–H and O–H groups in total. The van der Waals surface area contributed by atoms with Gasteiger partial charge in [-0.1, -0.05) is 32.9 Å². The summed E-state index contributed by atoms with van der Waals surface area (Å²) in [6.07, 6.45) is 8.30. The highest BCUT2D eigenvalue weighted by atomic mass is 16.5. The Labute approximate surface area is 98.6 Å². The largest absolute Gasteiger partial charge is 0.374 e. The predicted octanol–water partition coefficient (Wildman–Crippen LogP) is 3.61. The average molecular weight is 219 g/mol. The molecule has 0 aromatic carbocycles. The normalized spacial score (nSPS) is 28.8. The molecule has 2 heteroatoms. The monoisotopic (exact) mass is 219 g/mol. The fraction of sp³-hybridized carbons (Fsp3) is 0.643. The van der Waals surface area contributed by atoms with Crippen LogP contribution in [0.5, 0.6) is 0 Å². The molecule has 1 fully saturated rings. The van der Waals surface area contributed by atoms with Gasteiger partial charge in [-0.2, -0.15) is 5.26 Å². The molecule has 1 aliphatic rings. The van der Waals surface area contributed by atoms with Crippen LogP contribution in [0.4, 0.5) is 0 Å². The van der Waals surface area contributed by atoms with Crippen molar-refractivity contribution in [3.05, 3.63) is 23.8 Å². The van der Waals surface area contributed by atoms with E-state index in [1.807, 2.05) is 25.2 Å². The summed E-state index contributed by atoms with van der Waals surface area (Å²) < 4.78 is 5.68. The van der Waals surface area contributed by atoms with Crippen LogP contribution in [0.1, 0.15) is 40.5 Å². The maximum Gasteiger partial charge on any atom is 0.0988 e. The van der Waals surface area contributed by atoms with Crippen LogP contribution in [-0.2, 0) is 4.74 Å². The molecular formula is C14H21NO. The van der Waals surface area contributed by atoms with Gasteiger partial charge in [-0.25, -0.2) is 0 Å². The molecule has 0 aromatic heterocycles. The van der Waals surface area contributed by atoms with Crippen molar-refractivity contribution in [1.29, 1.82) is 5.26 Å². The van der Waals surface area contributed by atoms with Crippen LogP contribution in [0.3, 0.4) is 0 Å². The first-order valence-electron chi connectivity index (χ1n) is 5.94. The maximum absolute atomic E-state index is 8.84. The Morgan fingerprint density at radius 3 is 2.62 bits per heavy atom. The van der Waals surface area contributed by atoms with Crippen LogP contribution in [0, 0.1) is 16.7 Å². The van der Waals surface area contributed by atoms with E-state index in [4.69, 9.17) is 10.00 Å². The van der Waals surface area contributed by atoms with Crippen molar-refractivity contribution in [3.63, 3.8) is 0 Å². The number of rotatable bonds is 4. The Balaban J connectivity index is 2.45. The molecule has 16 heavy (non-hydrogen) atoms. The summed E-state index contributed by atoms with van der Waals surface area (Å²) in [5.74, 6) is 0. The number of hydrogen-bond acceptors (Lipinski definition) is 2. The number of allylic oxidation sites excluding steroid dienone is 3. The van der Waals surface area contributed by atoms with E-state index in [9.17, 15) is 0 Å². The van der Waals surface area contributed by atoms with E-state index in [0.29, 0.717) is 12.2 Å². The molecule has 0 aliphatic carbocycles. The lowest BCUT2D eigenvalue weighted by molar-refractivity contribution is -0.223. The van der Waals surface area contributed by atoms with Crippen LogP contribution in [0.15, 0.2) is 23.8 Å². The Morgan fingerprint density at radius 1 is 1.50 bits per heavy atom. The second-order valence-electron chi connectivity index (χ2n) is 4.91. The van der Waals surface area contributed by atoms with Gasteiger partial charge in [0.2, 0.25) is 0 Å². The topological polar surface area (TPSA) is 33.0 Å². The second-order valence-corrected chi connectivity index (χ2v) is 4.91. The van der Waals surface area contributed by atoms with E-state index in [1.54, 1.807) is 0 Å². The van der Waals surface area contributed by atoms with Crippen molar-refractivity contribution >= 4 is 0 Å². The zero-order valence-electron chi connectivity index (χ0n) is 10.7. The summed E-state index contributed by atoms with van der Waals surface area (Å²) in [7, 11) is 0. The number of nitrogens with zero attached hydrogens (tertiary/aromatic N) is 1. The highest BCUT2D eigenvalue weighted by Gasteiger charge is 2.45. The fourth-order valence-corrected chi connectivity index (χ4v) is 1.84. The zero-order valence-corrected chi connectivity index (χ0v) is 10.7. The summed E-state index contributed by atoms with van der Waals surface area (Å²) in [6, 6.07) is 2.18. The Morgan fingerprint density at radius 2 is 2.19 bits per heavy atom. The van der Waals surface area contributed by atoms with Crippen LogP contribution < -0.4 is 0 Å². The lowest BCUT2D eigenvalue weighted by Gasteiger charge is -2.50.